The van der Waals surface area contributed by atoms with Crippen molar-refractivity contribution in [2.75, 3.05) is 14.2 Å². The van der Waals surface area contributed by atoms with Gasteiger partial charge in [0.05, 0.1) is 19.7 Å². The maximum atomic E-state index is 14.0. The molecule has 0 bridgehead atoms. The number of aryl methyl sites for hydroxylation is 1. The van der Waals surface area contributed by atoms with E-state index >= 15 is 0 Å². The summed E-state index contributed by atoms with van der Waals surface area (Å²) in [5.74, 6) is 0.844. The zero-order valence-electron chi connectivity index (χ0n) is 19.7. The lowest BCUT2D eigenvalue weighted by Crippen LogP contribution is -2.25. The predicted octanol–water partition coefficient (Wildman–Crippen LogP) is 5.13. The summed E-state index contributed by atoms with van der Waals surface area (Å²) in [5.41, 5.74) is 2.08. The normalized spacial score (nSPS) is 20.5. The van der Waals surface area contributed by atoms with E-state index in [0.29, 0.717) is 49.5 Å². The van der Waals surface area contributed by atoms with E-state index in [4.69, 9.17) is 4.74 Å². The van der Waals surface area contributed by atoms with Gasteiger partial charge in [0, 0.05) is 19.0 Å². The van der Waals surface area contributed by atoms with Crippen LogP contribution in [0.3, 0.4) is 0 Å². The Labute approximate surface area is 195 Å². The Morgan fingerprint density at radius 3 is 2.67 bits per heavy atom. The molecule has 1 aromatic carbocycles. The average molecular weight is 453 g/mol. The molecule has 1 amide bonds. The summed E-state index contributed by atoms with van der Waals surface area (Å²) in [5, 5.41) is 2.62. The van der Waals surface area contributed by atoms with Crippen molar-refractivity contribution < 1.29 is 18.7 Å². The molecule has 2 aromatic rings. The number of alkyl halides is 1. The minimum Gasteiger partial charge on any atom is -0.495 e. The van der Waals surface area contributed by atoms with Crippen molar-refractivity contribution in [2.24, 2.45) is 5.92 Å². The number of carbonyl (C=O) groups excluding carboxylic acids is 2. The number of ether oxygens (including phenoxy) is 1. The van der Waals surface area contributed by atoms with Crippen LogP contribution in [0.5, 0.6) is 5.75 Å². The van der Waals surface area contributed by atoms with Crippen molar-refractivity contribution in [2.45, 2.75) is 57.5 Å². The number of ketones is 1. The van der Waals surface area contributed by atoms with Crippen LogP contribution in [0, 0.1) is 5.92 Å². The van der Waals surface area contributed by atoms with Gasteiger partial charge >= 0.3 is 0 Å². The van der Waals surface area contributed by atoms with Gasteiger partial charge in [-0.15, -0.1) is 0 Å². The molecular formula is C27H33FN2O3. The molecule has 0 radical (unpaired) electrons. The monoisotopic (exact) mass is 452 g/mol. The van der Waals surface area contributed by atoms with Crippen LogP contribution >= 0.6 is 0 Å². The third kappa shape index (κ3) is 7.24. The second-order valence-electron chi connectivity index (χ2n) is 9.01. The highest BCUT2D eigenvalue weighted by Gasteiger charge is 2.29. The maximum Gasteiger partial charge on any atom is 0.224 e. The number of halogens is 1. The van der Waals surface area contributed by atoms with Gasteiger partial charge in [-0.05, 0) is 62.1 Å². The lowest BCUT2D eigenvalue weighted by atomic mass is 9.81. The van der Waals surface area contributed by atoms with E-state index in [2.05, 4.69) is 16.4 Å². The number of nitrogens with zero attached hydrogens (tertiary/aromatic N) is 1. The maximum absolute atomic E-state index is 14.0. The molecule has 1 aliphatic rings. The Hall–Kier alpha value is -3.02. The molecule has 0 spiro atoms. The number of Topliss-reactive ketones (excluding diaryl/α,β-unsaturated/α-hetero) is 1. The van der Waals surface area contributed by atoms with Crippen LogP contribution in [0.15, 0.2) is 42.6 Å². The van der Waals surface area contributed by atoms with E-state index in [1.54, 1.807) is 33.3 Å². The molecular weight excluding hydrogens is 419 g/mol. The molecule has 1 N–H and O–H groups in total. The average Bonchev–Trinajstić information content (AvgIpc) is 2.81. The van der Waals surface area contributed by atoms with Gasteiger partial charge in [0.2, 0.25) is 5.91 Å². The predicted molar refractivity (Wildman–Crippen MR) is 128 cm³/mol. The molecule has 5 nitrogen and oxygen atoms in total. The zero-order valence-corrected chi connectivity index (χ0v) is 19.7. The van der Waals surface area contributed by atoms with Crippen LogP contribution in [-0.2, 0) is 17.6 Å². The minimum absolute atomic E-state index is 0.0433. The standard InChI is InChI=1S/C27H33FN2O3/c1-27(28)13-11-19(12-14-27)7-9-22-17-23(30-18-25(22)33-3)24(31)10-8-20-5-4-6-21(15-20)16-26(32)29-2/h4-7,9,15,17-19H,8,10-14,16H2,1-3H3,(H,29,32)/b9-7+. The summed E-state index contributed by atoms with van der Waals surface area (Å²) in [6.07, 6.45) is 9.64. The Kier molecular flexibility index (Phi) is 8.37. The first kappa shape index (κ1) is 24.6. The van der Waals surface area contributed by atoms with Crippen LogP contribution < -0.4 is 10.1 Å². The van der Waals surface area contributed by atoms with Crippen molar-refractivity contribution in [3.05, 3.63) is 65.0 Å². The molecule has 0 atom stereocenters. The Morgan fingerprint density at radius 1 is 1.24 bits per heavy atom. The van der Waals surface area contributed by atoms with E-state index in [9.17, 15) is 14.0 Å². The van der Waals surface area contributed by atoms with E-state index in [1.165, 1.54) is 0 Å². The number of nitrogens with one attached hydrogen (secondary N) is 1. The zero-order chi connectivity index (χ0) is 23.8. The first-order valence-electron chi connectivity index (χ1n) is 11.5. The number of benzene rings is 1. The van der Waals surface area contributed by atoms with Crippen LogP contribution in [0.4, 0.5) is 4.39 Å². The van der Waals surface area contributed by atoms with E-state index in [0.717, 1.165) is 29.5 Å². The van der Waals surface area contributed by atoms with E-state index < -0.39 is 5.67 Å². The highest BCUT2D eigenvalue weighted by Crippen LogP contribution is 2.35. The van der Waals surface area contributed by atoms with Gasteiger partial charge in [-0.2, -0.15) is 0 Å². The number of rotatable bonds is 9. The molecule has 176 valence electrons. The van der Waals surface area contributed by atoms with Gasteiger partial charge < -0.3 is 10.1 Å². The third-order valence-corrected chi connectivity index (χ3v) is 6.30. The summed E-state index contributed by atoms with van der Waals surface area (Å²) in [7, 11) is 3.20. The second-order valence-corrected chi connectivity index (χ2v) is 9.01. The lowest BCUT2D eigenvalue weighted by molar-refractivity contribution is -0.119. The fourth-order valence-corrected chi connectivity index (χ4v) is 4.14. The quantitative estimate of drug-likeness (QED) is 0.536. The highest BCUT2D eigenvalue weighted by molar-refractivity contribution is 5.95. The number of hydrogen-bond acceptors (Lipinski definition) is 4. The first-order chi connectivity index (χ1) is 15.8. The van der Waals surface area contributed by atoms with Gasteiger partial charge in [0.15, 0.2) is 5.78 Å². The molecule has 33 heavy (non-hydrogen) atoms. The smallest absolute Gasteiger partial charge is 0.224 e. The van der Waals surface area contributed by atoms with Crippen LogP contribution in [0.25, 0.3) is 6.08 Å². The van der Waals surface area contributed by atoms with Gasteiger partial charge in [0.1, 0.15) is 17.1 Å². The van der Waals surface area contributed by atoms with Gasteiger partial charge in [-0.1, -0.05) is 36.4 Å². The molecule has 1 fully saturated rings. The number of hydrogen-bond donors (Lipinski definition) is 1. The summed E-state index contributed by atoms with van der Waals surface area (Å²) in [4.78, 5) is 28.7. The molecule has 1 aliphatic carbocycles. The number of amides is 1. The van der Waals surface area contributed by atoms with Crippen LogP contribution in [0.1, 0.15) is 66.2 Å². The van der Waals surface area contributed by atoms with Crippen LogP contribution in [-0.4, -0.2) is 36.5 Å². The topological polar surface area (TPSA) is 68.3 Å². The Balaban J connectivity index is 1.64. The number of carbonyl (C=O) groups is 2. The molecule has 0 aliphatic heterocycles. The molecule has 0 unspecified atom stereocenters. The van der Waals surface area contributed by atoms with Crippen molar-refractivity contribution in [1.82, 2.24) is 10.3 Å². The second kappa shape index (κ2) is 11.2. The summed E-state index contributed by atoms with van der Waals surface area (Å²) in [6.45, 7) is 1.68. The highest BCUT2D eigenvalue weighted by atomic mass is 19.1. The van der Waals surface area contributed by atoms with Crippen molar-refractivity contribution in [3.63, 3.8) is 0 Å². The van der Waals surface area contributed by atoms with Crippen molar-refractivity contribution in [3.8, 4) is 5.75 Å². The summed E-state index contributed by atoms with van der Waals surface area (Å²) >= 11 is 0. The fourth-order valence-electron chi connectivity index (χ4n) is 4.14. The van der Waals surface area contributed by atoms with E-state index in [-0.39, 0.29) is 11.7 Å². The number of allylic oxidation sites excluding steroid dienone is 1. The largest absolute Gasteiger partial charge is 0.495 e. The minimum atomic E-state index is -1.06. The number of pyridine rings is 1. The van der Waals surface area contributed by atoms with Gasteiger partial charge in [-0.3, -0.25) is 9.59 Å². The fraction of sp³-hybridized carbons (Fsp3) is 0.444. The summed E-state index contributed by atoms with van der Waals surface area (Å²) in [6, 6.07) is 9.50. The molecule has 0 saturated heterocycles. The number of aromatic nitrogens is 1. The van der Waals surface area contributed by atoms with Crippen molar-refractivity contribution >= 4 is 17.8 Å². The lowest BCUT2D eigenvalue weighted by Gasteiger charge is -2.29. The van der Waals surface area contributed by atoms with Crippen LogP contribution in [0.2, 0.25) is 0 Å². The molecule has 1 aromatic heterocycles. The van der Waals surface area contributed by atoms with Gasteiger partial charge in [0.25, 0.3) is 0 Å². The Morgan fingerprint density at radius 2 is 1.97 bits per heavy atom. The van der Waals surface area contributed by atoms with Crippen molar-refractivity contribution in [1.29, 1.82) is 0 Å². The number of likely N-dealkylation sites (N-methyl/N-ethyl adjacent to an activating group) is 1. The van der Waals surface area contributed by atoms with Gasteiger partial charge in [-0.25, -0.2) is 9.37 Å². The Bertz CT molecular complexity index is 1010. The molecule has 6 heteroatoms. The first-order valence-corrected chi connectivity index (χ1v) is 11.5. The number of methoxy groups -OCH3 is 1. The molecule has 1 saturated carbocycles. The summed E-state index contributed by atoms with van der Waals surface area (Å²) < 4.78 is 19.5. The van der Waals surface area contributed by atoms with E-state index in [1.807, 2.05) is 30.3 Å². The third-order valence-electron chi connectivity index (χ3n) is 6.30. The molecule has 1 heterocycles. The SMILES string of the molecule is CNC(=O)Cc1cccc(CCC(=O)c2cc(/C=C/C3CCC(C)(F)CC3)c(OC)cn2)c1. The molecule has 3 rings (SSSR count).